The van der Waals surface area contributed by atoms with E-state index in [0.717, 1.165) is 5.69 Å². The number of hydrogen-bond donors (Lipinski definition) is 2. The highest BCUT2D eigenvalue weighted by atomic mass is 35.5. The number of nitrogens with zero attached hydrogens (tertiary/aromatic N) is 2. The van der Waals surface area contributed by atoms with E-state index in [0.29, 0.717) is 41.8 Å². The number of hydrazone groups is 1. The van der Waals surface area contributed by atoms with Gasteiger partial charge in [0.1, 0.15) is 18.1 Å². The van der Waals surface area contributed by atoms with Crippen molar-refractivity contribution in [2.24, 2.45) is 5.10 Å². The van der Waals surface area contributed by atoms with E-state index < -0.39 is 5.68 Å². The van der Waals surface area contributed by atoms with Gasteiger partial charge in [-0.05, 0) is 24.6 Å². The standard InChI is InChI=1S/C17H19BCl2N4O4/c18-14(25)9-28-10-17(27)21-6-1-2-16(26)22-15-5-7-24(23-15)11-3-4-12(19)13(20)8-11/h3-4,8H,1-2,5-7,9-10H2,(H,21,27)(H,22,23,26). The van der Waals surface area contributed by atoms with Gasteiger partial charge < -0.3 is 20.2 Å². The van der Waals surface area contributed by atoms with Crippen LogP contribution in [0.3, 0.4) is 0 Å². The second-order valence-electron chi connectivity index (χ2n) is 5.98. The van der Waals surface area contributed by atoms with Crippen LogP contribution in [0.4, 0.5) is 5.69 Å². The minimum Gasteiger partial charge on any atom is -0.365 e. The molecule has 1 heterocycles. The molecule has 0 saturated carbocycles. The van der Waals surface area contributed by atoms with E-state index in [1.54, 1.807) is 23.2 Å². The van der Waals surface area contributed by atoms with Gasteiger partial charge >= 0.3 is 0 Å². The predicted molar refractivity (Wildman–Crippen MR) is 108 cm³/mol. The van der Waals surface area contributed by atoms with Gasteiger partial charge in [0.25, 0.3) is 0 Å². The molecule has 0 unspecified atom stereocenters. The highest BCUT2D eigenvalue weighted by Gasteiger charge is 2.18. The fourth-order valence-corrected chi connectivity index (χ4v) is 2.67. The number of anilines is 1. The van der Waals surface area contributed by atoms with Crippen molar-refractivity contribution < 1.29 is 19.1 Å². The van der Waals surface area contributed by atoms with E-state index in [4.69, 9.17) is 35.8 Å². The van der Waals surface area contributed by atoms with Gasteiger partial charge in [0, 0.05) is 25.9 Å². The lowest BCUT2D eigenvalue weighted by Crippen LogP contribution is -2.32. The van der Waals surface area contributed by atoms with Crippen LogP contribution in [0.2, 0.25) is 10.0 Å². The van der Waals surface area contributed by atoms with Crippen LogP contribution in [-0.4, -0.2) is 57.5 Å². The number of halogens is 2. The summed E-state index contributed by atoms with van der Waals surface area (Å²) in [4.78, 5) is 33.9. The van der Waals surface area contributed by atoms with Gasteiger partial charge in [0.05, 0.1) is 22.3 Å². The number of carbonyl (C=O) groups is 3. The number of rotatable bonds is 9. The number of ether oxygens (including phenoxy) is 1. The Hall–Kier alpha value is -2.10. The SMILES string of the molecule is [B]C(=O)COCC(=O)NCCCC(=O)NC1=NN(c2ccc(Cl)c(Cl)c2)CC1. The maximum Gasteiger partial charge on any atom is 0.246 e. The van der Waals surface area contributed by atoms with Gasteiger partial charge in [-0.25, -0.2) is 0 Å². The Morgan fingerprint density at radius 3 is 2.68 bits per heavy atom. The highest BCUT2D eigenvalue weighted by Crippen LogP contribution is 2.28. The average Bonchev–Trinajstić information content (AvgIpc) is 3.09. The molecule has 2 radical (unpaired) electrons. The zero-order chi connectivity index (χ0) is 20.5. The molecule has 1 aromatic rings. The first-order chi connectivity index (χ1) is 13.3. The Balaban J connectivity index is 1.67. The lowest BCUT2D eigenvalue weighted by atomic mass is 10.1. The van der Waals surface area contributed by atoms with E-state index in [9.17, 15) is 14.4 Å². The summed E-state index contributed by atoms with van der Waals surface area (Å²) >= 11 is 11.9. The summed E-state index contributed by atoms with van der Waals surface area (Å²) in [6.07, 6.45) is 1.28. The molecule has 2 rings (SSSR count). The summed E-state index contributed by atoms with van der Waals surface area (Å²) in [6.45, 7) is 0.372. The normalized spacial score (nSPS) is 13.2. The van der Waals surface area contributed by atoms with Crippen LogP contribution in [-0.2, 0) is 19.1 Å². The summed E-state index contributed by atoms with van der Waals surface area (Å²) in [7, 11) is 4.89. The quantitative estimate of drug-likeness (QED) is 0.458. The molecule has 148 valence electrons. The predicted octanol–water partition coefficient (Wildman–Crippen LogP) is 1.24. The van der Waals surface area contributed by atoms with Crippen molar-refractivity contribution in [2.45, 2.75) is 19.3 Å². The van der Waals surface area contributed by atoms with Gasteiger partial charge in [-0.3, -0.25) is 14.6 Å². The van der Waals surface area contributed by atoms with Crippen LogP contribution in [0.15, 0.2) is 23.3 Å². The van der Waals surface area contributed by atoms with Crippen molar-refractivity contribution in [2.75, 3.05) is 31.3 Å². The van der Waals surface area contributed by atoms with Crippen LogP contribution in [0.25, 0.3) is 0 Å². The lowest BCUT2D eigenvalue weighted by Gasteiger charge is -2.13. The minimum atomic E-state index is -0.642. The van der Waals surface area contributed by atoms with Crippen LogP contribution in [0.5, 0.6) is 0 Å². The smallest absolute Gasteiger partial charge is 0.246 e. The molecule has 8 nitrogen and oxygen atoms in total. The minimum absolute atomic E-state index is 0.186. The van der Waals surface area contributed by atoms with Crippen LogP contribution >= 0.6 is 23.2 Å². The van der Waals surface area contributed by atoms with Crippen molar-refractivity contribution in [1.82, 2.24) is 10.6 Å². The molecule has 0 saturated heterocycles. The first-order valence-corrected chi connectivity index (χ1v) is 9.33. The monoisotopic (exact) mass is 424 g/mol. The Labute approximate surface area is 174 Å². The maximum atomic E-state index is 12.0. The molecule has 0 atom stereocenters. The molecule has 11 heteroatoms. The summed E-state index contributed by atoms with van der Waals surface area (Å²) in [6, 6.07) is 5.21. The molecule has 2 N–H and O–H groups in total. The first-order valence-electron chi connectivity index (χ1n) is 8.58. The van der Waals surface area contributed by atoms with Gasteiger partial charge in [0.15, 0.2) is 7.85 Å². The fourth-order valence-electron chi connectivity index (χ4n) is 2.37. The van der Waals surface area contributed by atoms with E-state index in [1.807, 2.05) is 0 Å². The summed E-state index contributed by atoms with van der Waals surface area (Å²) in [5.74, 6) is 0.00742. The molecular weight excluding hydrogens is 406 g/mol. The van der Waals surface area contributed by atoms with Crippen molar-refractivity contribution in [3.05, 3.63) is 28.2 Å². The summed E-state index contributed by atoms with van der Waals surface area (Å²) < 4.78 is 4.78. The number of amidine groups is 1. The van der Waals surface area contributed by atoms with Crippen molar-refractivity contribution in [3.63, 3.8) is 0 Å². The summed E-state index contributed by atoms with van der Waals surface area (Å²) in [5.41, 5.74) is 0.150. The third-order valence-electron chi connectivity index (χ3n) is 3.67. The van der Waals surface area contributed by atoms with Crippen LogP contribution in [0, 0.1) is 0 Å². The van der Waals surface area contributed by atoms with E-state index in [-0.39, 0.29) is 31.4 Å². The van der Waals surface area contributed by atoms with Crippen LogP contribution < -0.4 is 15.6 Å². The maximum absolute atomic E-state index is 12.0. The number of benzene rings is 1. The molecule has 0 bridgehead atoms. The van der Waals surface area contributed by atoms with Gasteiger partial charge in [0.2, 0.25) is 11.8 Å². The van der Waals surface area contributed by atoms with Crippen molar-refractivity contribution in [3.8, 4) is 0 Å². The molecule has 0 fully saturated rings. The Morgan fingerprint density at radius 2 is 1.96 bits per heavy atom. The topological polar surface area (TPSA) is 100 Å². The molecule has 1 aliphatic rings. The van der Waals surface area contributed by atoms with Crippen LogP contribution in [0.1, 0.15) is 19.3 Å². The summed E-state index contributed by atoms with van der Waals surface area (Å²) in [5, 5.41) is 12.4. The third-order valence-corrected chi connectivity index (χ3v) is 4.41. The average molecular weight is 425 g/mol. The highest BCUT2D eigenvalue weighted by molar-refractivity contribution is 6.58. The van der Waals surface area contributed by atoms with E-state index in [1.165, 1.54) is 0 Å². The zero-order valence-electron chi connectivity index (χ0n) is 15.0. The molecule has 28 heavy (non-hydrogen) atoms. The Kier molecular flexibility index (Phi) is 8.75. The largest absolute Gasteiger partial charge is 0.365 e. The third kappa shape index (κ3) is 7.50. The molecular formula is C17H19BCl2N4O4. The Morgan fingerprint density at radius 1 is 1.18 bits per heavy atom. The molecule has 2 amide bonds. The number of nitrogens with one attached hydrogen (secondary N) is 2. The van der Waals surface area contributed by atoms with Crippen molar-refractivity contribution >= 4 is 60.1 Å². The second-order valence-corrected chi connectivity index (χ2v) is 6.79. The second kappa shape index (κ2) is 11.0. The Bertz CT molecular complexity index is 776. The molecule has 1 aliphatic heterocycles. The van der Waals surface area contributed by atoms with Crippen molar-refractivity contribution in [1.29, 1.82) is 0 Å². The molecule has 0 aliphatic carbocycles. The zero-order valence-corrected chi connectivity index (χ0v) is 16.6. The first kappa shape index (κ1) is 22.2. The van der Waals surface area contributed by atoms with E-state index >= 15 is 0 Å². The molecule has 0 aromatic heterocycles. The molecule has 1 aromatic carbocycles. The molecule has 0 spiro atoms. The lowest BCUT2D eigenvalue weighted by molar-refractivity contribution is -0.128. The number of hydrogen-bond acceptors (Lipinski definition) is 6. The van der Waals surface area contributed by atoms with Gasteiger partial charge in [-0.2, -0.15) is 5.10 Å². The van der Waals surface area contributed by atoms with E-state index in [2.05, 4.69) is 15.7 Å². The number of carbonyl (C=O) groups excluding carboxylic acids is 3. The fraction of sp³-hybridized carbons (Fsp3) is 0.412. The van der Waals surface area contributed by atoms with Gasteiger partial charge in [-0.15, -0.1) is 0 Å². The van der Waals surface area contributed by atoms with Gasteiger partial charge in [-0.1, -0.05) is 23.2 Å². The number of amides is 2.